The first-order chi connectivity index (χ1) is 27.3. The maximum Gasteiger partial charge on any atom is 0.142 e. The Morgan fingerprint density at radius 2 is 0.643 bits per heavy atom. The van der Waals surface area contributed by atoms with Crippen molar-refractivity contribution in [2.75, 3.05) is 39.6 Å². The van der Waals surface area contributed by atoms with E-state index in [9.17, 15) is 10.2 Å². The molecular formula is C46H34Br4O6. The minimum atomic E-state index is 0.151. The van der Waals surface area contributed by atoms with E-state index in [0.717, 1.165) is 63.2 Å². The first-order valence-corrected chi connectivity index (χ1v) is 21.1. The fraction of sp³-hybridized carbons (Fsp3) is 0.130. The van der Waals surface area contributed by atoms with Gasteiger partial charge in [-0.05, 0) is 131 Å². The largest absolute Gasteiger partial charge is 0.506 e. The molecule has 6 nitrogen and oxygen atoms in total. The molecule has 8 aromatic carbocycles. The van der Waals surface area contributed by atoms with E-state index in [0.29, 0.717) is 58.0 Å². The number of phenols is 2. The molecule has 282 valence electrons. The number of aromatic hydroxyl groups is 2. The van der Waals surface area contributed by atoms with Gasteiger partial charge < -0.3 is 29.2 Å². The molecule has 0 spiro atoms. The monoisotopic (exact) mass is 998 g/mol. The maximum absolute atomic E-state index is 11.4. The third kappa shape index (κ3) is 7.63. The van der Waals surface area contributed by atoms with Crippen molar-refractivity contribution < 1.29 is 29.2 Å². The maximum atomic E-state index is 11.4. The van der Waals surface area contributed by atoms with Crippen LogP contribution < -0.4 is 9.47 Å². The smallest absolute Gasteiger partial charge is 0.142 e. The molecule has 10 heteroatoms. The minimum absolute atomic E-state index is 0.151. The normalized spacial score (nSPS) is 11.6. The molecule has 0 saturated carbocycles. The molecule has 0 atom stereocenters. The summed E-state index contributed by atoms with van der Waals surface area (Å²) in [6, 6.07) is 40.1. The molecule has 0 aliphatic heterocycles. The highest BCUT2D eigenvalue weighted by molar-refractivity contribution is 9.11. The summed E-state index contributed by atoms with van der Waals surface area (Å²) in [5.41, 5.74) is 3.00. The Labute approximate surface area is 357 Å². The third-order valence-corrected chi connectivity index (χ3v) is 12.1. The quantitative estimate of drug-likeness (QED) is 0.112. The van der Waals surface area contributed by atoms with Gasteiger partial charge in [0.2, 0.25) is 0 Å². The average Bonchev–Trinajstić information content (AvgIpc) is 3.20. The van der Waals surface area contributed by atoms with E-state index in [1.807, 2.05) is 121 Å². The standard InChI is InChI=1S/C46H34Br4O6/c47-35-23-27-9-1-5-13-31(27)39(43(35)51)41-33-15-7-3-11-29(33)25-37(49)45(41)55-21-19-53-17-18-54-20-22-56-46-38(50)26-30-12-4-8-16-34(30)42(46)40-32-14-6-2-10-28(32)24-36(48)44(40)52/h1-16,23-26,51-52H,17-22H2. The zero-order valence-corrected chi connectivity index (χ0v) is 36.2. The number of halogens is 4. The Morgan fingerprint density at radius 3 is 1.00 bits per heavy atom. The molecule has 2 N–H and O–H groups in total. The minimum Gasteiger partial charge on any atom is -0.506 e. The lowest BCUT2D eigenvalue weighted by Gasteiger charge is -2.20. The van der Waals surface area contributed by atoms with Crippen molar-refractivity contribution >= 4 is 107 Å². The number of phenolic OH excluding ortho intramolecular Hbond substituents is 2. The van der Waals surface area contributed by atoms with Crippen LogP contribution in [-0.4, -0.2) is 49.9 Å². The summed E-state index contributed by atoms with van der Waals surface area (Å²) in [4.78, 5) is 0. The van der Waals surface area contributed by atoms with Crippen LogP contribution in [0.1, 0.15) is 0 Å². The lowest BCUT2D eigenvalue weighted by molar-refractivity contribution is 0.0273. The first-order valence-electron chi connectivity index (χ1n) is 18.0. The van der Waals surface area contributed by atoms with Crippen molar-refractivity contribution in [3.63, 3.8) is 0 Å². The van der Waals surface area contributed by atoms with Gasteiger partial charge in [0, 0.05) is 22.3 Å². The van der Waals surface area contributed by atoms with E-state index in [4.69, 9.17) is 18.9 Å². The molecule has 0 aliphatic rings. The number of fused-ring (bicyclic) bond motifs is 4. The van der Waals surface area contributed by atoms with Gasteiger partial charge in [-0.2, -0.15) is 0 Å². The van der Waals surface area contributed by atoms with Gasteiger partial charge in [-0.3, -0.25) is 0 Å². The molecule has 0 amide bonds. The summed E-state index contributed by atoms with van der Waals surface area (Å²) in [5, 5.41) is 30.6. The van der Waals surface area contributed by atoms with E-state index in [-0.39, 0.29) is 24.7 Å². The van der Waals surface area contributed by atoms with Gasteiger partial charge in [0.1, 0.15) is 36.2 Å². The summed E-state index contributed by atoms with van der Waals surface area (Å²) in [6.45, 7) is 1.98. The van der Waals surface area contributed by atoms with Crippen molar-refractivity contribution in [3.05, 3.63) is 139 Å². The number of rotatable bonds is 13. The Bertz CT molecular complexity index is 2560. The van der Waals surface area contributed by atoms with Crippen molar-refractivity contribution in [1.82, 2.24) is 0 Å². The Kier molecular flexibility index (Phi) is 11.8. The van der Waals surface area contributed by atoms with Crippen LogP contribution >= 0.6 is 63.7 Å². The van der Waals surface area contributed by atoms with Crippen LogP contribution in [0.15, 0.2) is 139 Å². The fourth-order valence-corrected chi connectivity index (χ4v) is 9.21. The molecule has 0 saturated heterocycles. The highest BCUT2D eigenvalue weighted by atomic mass is 79.9. The molecule has 0 aromatic heterocycles. The summed E-state index contributed by atoms with van der Waals surface area (Å²) < 4.78 is 27.4. The SMILES string of the molecule is Oc1c(Br)cc2ccccc2c1-c1c(OCCOCCOCCOc2c(Br)cc3ccccc3c2-c2c(O)c(Br)cc3ccccc23)c(Br)cc2ccccc12. The van der Waals surface area contributed by atoms with Gasteiger partial charge in [-0.15, -0.1) is 0 Å². The topological polar surface area (TPSA) is 77.4 Å². The highest BCUT2D eigenvalue weighted by Crippen LogP contribution is 2.52. The van der Waals surface area contributed by atoms with Crippen LogP contribution in [-0.2, 0) is 9.47 Å². The summed E-state index contributed by atoms with van der Waals surface area (Å²) >= 11 is 14.6. The zero-order chi connectivity index (χ0) is 38.8. The van der Waals surface area contributed by atoms with Gasteiger partial charge in [-0.1, -0.05) is 97.1 Å². The number of hydrogen-bond acceptors (Lipinski definition) is 6. The molecule has 0 heterocycles. The van der Waals surface area contributed by atoms with Crippen LogP contribution in [0.5, 0.6) is 23.0 Å². The van der Waals surface area contributed by atoms with Crippen LogP contribution in [0.25, 0.3) is 65.3 Å². The molecule has 0 unspecified atom stereocenters. The lowest BCUT2D eigenvalue weighted by atomic mass is 9.92. The van der Waals surface area contributed by atoms with E-state index in [2.05, 4.69) is 63.7 Å². The highest BCUT2D eigenvalue weighted by Gasteiger charge is 2.24. The van der Waals surface area contributed by atoms with Gasteiger partial charge >= 0.3 is 0 Å². The second kappa shape index (κ2) is 17.1. The molecule has 0 aliphatic carbocycles. The van der Waals surface area contributed by atoms with Crippen molar-refractivity contribution in [2.45, 2.75) is 0 Å². The van der Waals surface area contributed by atoms with Crippen molar-refractivity contribution in [2.24, 2.45) is 0 Å². The first kappa shape index (κ1) is 38.7. The van der Waals surface area contributed by atoms with Crippen LogP contribution in [0, 0.1) is 0 Å². The van der Waals surface area contributed by atoms with Crippen molar-refractivity contribution in [1.29, 1.82) is 0 Å². The molecule has 0 fully saturated rings. The van der Waals surface area contributed by atoms with E-state index in [1.165, 1.54) is 0 Å². The Morgan fingerprint density at radius 1 is 0.357 bits per heavy atom. The van der Waals surface area contributed by atoms with Crippen LogP contribution in [0.4, 0.5) is 0 Å². The average molecular weight is 1000 g/mol. The lowest BCUT2D eigenvalue weighted by Crippen LogP contribution is -2.14. The van der Waals surface area contributed by atoms with Gasteiger partial charge in [0.15, 0.2) is 0 Å². The number of hydrogen-bond donors (Lipinski definition) is 2. The van der Waals surface area contributed by atoms with Crippen LogP contribution in [0.2, 0.25) is 0 Å². The second-order valence-electron chi connectivity index (χ2n) is 13.1. The summed E-state index contributed by atoms with van der Waals surface area (Å²) in [5.74, 6) is 1.56. The van der Waals surface area contributed by atoms with E-state index < -0.39 is 0 Å². The van der Waals surface area contributed by atoms with Gasteiger partial charge in [0.25, 0.3) is 0 Å². The molecule has 8 aromatic rings. The predicted octanol–water partition coefficient (Wildman–Crippen LogP) is 13.6. The summed E-state index contributed by atoms with van der Waals surface area (Å²) in [6.07, 6.45) is 0. The fourth-order valence-electron chi connectivity index (χ4n) is 7.21. The molecule has 0 bridgehead atoms. The molecular weight excluding hydrogens is 968 g/mol. The van der Waals surface area contributed by atoms with E-state index in [1.54, 1.807) is 0 Å². The predicted molar refractivity (Wildman–Crippen MR) is 241 cm³/mol. The van der Waals surface area contributed by atoms with E-state index >= 15 is 0 Å². The Hall–Kier alpha value is -4.16. The van der Waals surface area contributed by atoms with Crippen LogP contribution in [0.3, 0.4) is 0 Å². The second-order valence-corrected chi connectivity index (χ2v) is 16.5. The molecule has 0 radical (unpaired) electrons. The van der Waals surface area contributed by atoms with Crippen molar-refractivity contribution in [3.8, 4) is 45.3 Å². The Balaban J connectivity index is 0.920. The molecule has 56 heavy (non-hydrogen) atoms. The third-order valence-electron chi connectivity index (χ3n) is 9.68. The number of ether oxygens (including phenoxy) is 4. The number of benzene rings is 8. The molecule has 8 rings (SSSR count). The summed E-state index contributed by atoms with van der Waals surface area (Å²) in [7, 11) is 0. The van der Waals surface area contributed by atoms with Gasteiger partial charge in [-0.25, -0.2) is 0 Å². The zero-order valence-electron chi connectivity index (χ0n) is 29.8. The van der Waals surface area contributed by atoms with Gasteiger partial charge in [0.05, 0.1) is 44.3 Å².